The molecule has 0 aliphatic carbocycles. The molecule has 0 aromatic heterocycles. The van der Waals surface area contributed by atoms with Crippen molar-refractivity contribution in [2.24, 2.45) is 0 Å². The van der Waals surface area contributed by atoms with Crippen LogP contribution in [0.2, 0.25) is 0 Å². The van der Waals surface area contributed by atoms with Crippen molar-refractivity contribution in [3.05, 3.63) is 34.9 Å². The van der Waals surface area contributed by atoms with E-state index in [2.05, 4.69) is 5.32 Å². The lowest BCUT2D eigenvalue weighted by molar-refractivity contribution is -0.138. The average molecular weight is 285 g/mol. The monoisotopic (exact) mass is 285 g/mol. The quantitative estimate of drug-likeness (QED) is 0.831. The number of hydrogen-bond donors (Lipinski definition) is 2. The lowest BCUT2D eigenvalue weighted by Gasteiger charge is -2.38. The Morgan fingerprint density at radius 3 is 2.35 bits per heavy atom. The van der Waals surface area contributed by atoms with Gasteiger partial charge in [0.25, 0.3) is 0 Å². The van der Waals surface area contributed by atoms with E-state index in [1.807, 2.05) is 0 Å². The smallest absolute Gasteiger partial charge is 0.385 e. The topological polar surface area (TPSA) is 32.3 Å². The fraction of sp³-hybridized carbons (Fsp3) is 0.600. The Labute approximate surface area is 116 Å². The van der Waals surface area contributed by atoms with Crippen molar-refractivity contribution in [1.29, 1.82) is 0 Å². The summed E-state index contributed by atoms with van der Waals surface area (Å²) < 4.78 is 39.0. The Kier molecular flexibility index (Phi) is 3.10. The molecule has 0 amide bonds. The van der Waals surface area contributed by atoms with Crippen molar-refractivity contribution in [3.8, 4) is 0 Å². The predicted octanol–water partition coefficient (Wildman–Crippen LogP) is 3.12. The van der Waals surface area contributed by atoms with E-state index in [4.69, 9.17) is 0 Å². The molecule has 110 valence electrons. The predicted molar refractivity (Wildman–Crippen MR) is 69.3 cm³/mol. The van der Waals surface area contributed by atoms with Crippen molar-refractivity contribution in [3.63, 3.8) is 0 Å². The maximum Gasteiger partial charge on any atom is 0.416 e. The van der Waals surface area contributed by atoms with Crippen molar-refractivity contribution in [1.82, 2.24) is 5.32 Å². The van der Waals surface area contributed by atoms with Crippen LogP contribution in [0.5, 0.6) is 0 Å². The van der Waals surface area contributed by atoms with Gasteiger partial charge in [0.05, 0.1) is 11.2 Å². The zero-order chi connectivity index (χ0) is 14.5. The first-order valence-corrected chi connectivity index (χ1v) is 6.95. The first-order chi connectivity index (χ1) is 9.29. The van der Waals surface area contributed by atoms with E-state index in [-0.39, 0.29) is 17.6 Å². The molecule has 2 bridgehead atoms. The van der Waals surface area contributed by atoms with E-state index < -0.39 is 17.3 Å². The molecule has 2 nitrogen and oxygen atoms in total. The number of alkyl halides is 3. The maximum atomic E-state index is 13.0. The van der Waals surface area contributed by atoms with Gasteiger partial charge in [0.1, 0.15) is 0 Å². The van der Waals surface area contributed by atoms with E-state index in [1.165, 1.54) is 13.0 Å². The van der Waals surface area contributed by atoms with Gasteiger partial charge in [-0.2, -0.15) is 13.2 Å². The summed E-state index contributed by atoms with van der Waals surface area (Å²) in [5, 5.41) is 14.3. The van der Waals surface area contributed by atoms with Crippen molar-refractivity contribution in [2.45, 2.75) is 56.5 Å². The highest BCUT2D eigenvalue weighted by Gasteiger charge is 2.45. The highest BCUT2D eigenvalue weighted by atomic mass is 19.4. The Balaban J connectivity index is 2.02. The second kappa shape index (κ2) is 4.46. The highest BCUT2D eigenvalue weighted by Crippen LogP contribution is 2.44. The summed E-state index contributed by atoms with van der Waals surface area (Å²) in [5.41, 5.74) is -1.19. The van der Waals surface area contributed by atoms with Crippen LogP contribution in [0.1, 0.15) is 42.4 Å². The summed E-state index contributed by atoms with van der Waals surface area (Å²) in [7, 11) is 0. The SMILES string of the molecule is Cc1c(C(F)(F)F)cccc1C1(O)CC2CCC(C1)N2. The molecule has 2 unspecified atom stereocenters. The zero-order valence-corrected chi connectivity index (χ0v) is 11.3. The van der Waals surface area contributed by atoms with Crippen LogP contribution in [-0.4, -0.2) is 17.2 Å². The number of aliphatic hydroxyl groups is 1. The van der Waals surface area contributed by atoms with Crippen LogP contribution in [0.4, 0.5) is 13.2 Å². The van der Waals surface area contributed by atoms with Crippen LogP contribution in [0.25, 0.3) is 0 Å². The lowest BCUT2D eigenvalue weighted by atomic mass is 9.78. The average Bonchev–Trinajstić information content (AvgIpc) is 2.68. The van der Waals surface area contributed by atoms with Crippen LogP contribution in [0.3, 0.4) is 0 Å². The van der Waals surface area contributed by atoms with Gasteiger partial charge in [-0.25, -0.2) is 0 Å². The molecular weight excluding hydrogens is 267 g/mol. The van der Waals surface area contributed by atoms with Gasteiger partial charge >= 0.3 is 6.18 Å². The third-order valence-corrected chi connectivity index (χ3v) is 4.64. The number of benzene rings is 1. The zero-order valence-electron chi connectivity index (χ0n) is 11.3. The first-order valence-electron chi connectivity index (χ1n) is 6.95. The summed E-state index contributed by atoms with van der Waals surface area (Å²) in [6.45, 7) is 1.46. The summed E-state index contributed by atoms with van der Waals surface area (Å²) in [5.74, 6) is 0. The van der Waals surface area contributed by atoms with Gasteiger partial charge in [-0.1, -0.05) is 12.1 Å². The van der Waals surface area contributed by atoms with Crippen molar-refractivity contribution < 1.29 is 18.3 Å². The highest BCUT2D eigenvalue weighted by molar-refractivity contribution is 5.40. The first kappa shape index (κ1) is 13.9. The molecule has 5 heteroatoms. The molecule has 2 aliphatic rings. The molecule has 2 saturated heterocycles. The van der Waals surface area contributed by atoms with Gasteiger partial charge in [0, 0.05) is 12.1 Å². The van der Waals surface area contributed by atoms with Crippen molar-refractivity contribution in [2.75, 3.05) is 0 Å². The van der Waals surface area contributed by atoms with Gasteiger partial charge in [0.15, 0.2) is 0 Å². The molecule has 2 atom stereocenters. The van der Waals surface area contributed by atoms with Gasteiger partial charge < -0.3 is 10.4 Å². The summed E-state index contributed by atoms with van der Waals surface area (Å²) in [4.78, 5) is 0. The minimum Gasteiger partial charge on any atom is -0.385 e. The molecule has 0 radical (unpaired) electrons. The van der Waals surface area contributed by atoms with Crippen LogP contribution in [0, 0.1) is 6.92 Å². The standard InChI is InChI=1S/C15H18F3NO/c1-9-12(3-2-4-13(9)15(16,17)18)14(20)7-10-5-6-11(8-14)19-10/h2-4,10-11,19-20H,5-8H2,1H3. The van der Waals surface area contributed by atoms with Crippen molar-refractivity contribution >= 4 is 0 Å². The van der Waals surface area contributed by atoms with E-state index >= 15 is 0 Å². The molecule has 0 spiro atoms. The number of piperidine rings is 1. The molecule has 2 aliphatic heterocycles. The minimum atomic E-state index is -4.37. The second-order valence-corrected chi connectivity index (χ2v) is 6.05. The van der Waals surface area contributed by atoms with E-state index in [1.54, 1.807) is 6.07 Å². The largest absolute Gasteiger partial charge is 0.416 e. The lowest BCUT2D eigenvalue weighted by Crippen LogP contribution is -2.47. The molecule has 2 N–H and O–H groups in total. The fourth-order valence-corrected chi connectivity index (χ4v) is 3.79. The van der Waals surface area contributed by atoms with Gasteiger partial charge in [-0.3, -0.25) is 0 Å². The molecule has 0 saturated carbocycles. The molecular formula is C15H18F3NO. The summed E-state index contributed by atoms with van der Waals surface area (Å²) in [6.07, 6.45) is -1.41. The minimum absolute atomic E-state index is 0.156. The third kappa shape index (κ3) is 2.23. The van der Waals surface area contributed by atoms with Gasteiger partial charge in [-0.15, -0.1) is 0 Å². The molecule has 3 rings (SSSR count). The third-order valence-electron chi connectivity index (χ3n) is 4.64. The van der Waals surface area contributed by atoms with Gasteiger partial charge in [-0.05, 0) is 49.8 Å². The van der Waals surface area contributed by atoms with E-state index in [9.17, 15) is 18.3 Å². The number of rotatable bonds is 1. The van der Waals surface area contributed by atoms with Crippen LogP contribution in [0.15, 0.2) is 18.2 Å². The molecule has 2 heterocycles. The van der Waals surface area contributed by atoms with Gasteiger partial charge in [0.2, 0.25) is 0 Å². The summed E-state index contributed by atoms with van der Waals surface area (Å²) in [6, 6.07) is 4.54. The molecule has 1 aromatic carbocycles. The normalized spacial score (nSPS) is 33.5. The Hall–Kier alpha value is -1.07. The Bertz CT molecular complexity index is 514. The number of halogens is 3. The maximum absolute atomic E-state index is 13.0. The van der Waals surface area contributed by atoms with Crippen LogP contribution >= 0.6 is 0 Å². The number of nitrogens with one attached hydrogen (secondary N) is 1. The summed E-state index contributed by atoms with van der Waals surface area (Å²) >= 11 is 0. The molecule has 1 aromatic rings. The number of fused-ring (bicyclic) bond motifs is 2. The Morgan fingerprint density at radius 2 is 1.80 bits per heavy atom. The van der Waals surface area contributed by atoms with E-state index in [0.717, 1.165) is 18.9 Å². The van der Waals surface area contributed by atoms with Crippen LogP contribution < -0.4 is 5.32 Å². The van der Waals surface area contributed by atoms with Crippen LogP contribution in [-0.2, 0) is 11.8 Å². The molecule has 2 fully saturated rings. The Morgan fingerprint density at radius 1 is 1.20 bits per heavy atom. The second-order valence-electron chi connectivity index (χ2n) is 6.05. The fourth-order valence-electron chi connectivity index (χ4n) is 3.79. The number of hydrogen-bond acceptors (Lipinski definition) is 2. The van der Waals surface area contributed by atoms with E-state index in [0.29, 0.717) is 18.4 Å². The molecule has 20 heavy (non-hydrogen) atoms.